The van der Waals surface area contributed by atoms with Crippen LogP contribution in [0.15, 0.2) is 18.2 Å². The van der Waals surface area contributed by atoms with E-state index in [0.29, 0.717) is 43.5 Å². The second-order valence-electron chi connectivity index (χ2n) is 4.46. The monoisotopic (exact) mass is 250 g/mol. The number of primary amides is 1. The summed E-state index contributed by atoms with van der Waals surface area (Å²) in [5.74, 6) is -0.858. The number of para-hydroxylation sites is 1. The van der Waals surface area contributed by atoms with Crippen LogP contribution >= 0.6 is 0 Å². The lowest BCUT2D eigenvalue weighted by Gasteiger charge is -2.33. The van der Waals surface area contributed by atoms with Crippen molar-refractivity contribution in [3.63, 3.8) is 0 Å². The lowest BCUT2D eigenvalue weighted by atomic mass is 9.95. The van der Waals surface area contributed by atoms with Crippen LogP contribution in [-0.2, 0) is 4.79 Å². The summed E-state index contributed by atoms with van der Waals surface area (Å²) < 4.78 is 13.8. The number of rotatable bonds is 3. The molecule has 0 unspecified atom stereocenters. The van der Waals surface area contributed by atoms with Crippen molar-refractivity contribution in [2.45, 2.75) is 12.8 Å². The van der Waals surface area contributed by atoms with Crippen LogP contribution in [0, 0.1) is 11.7 Å². The molecule has 0 aliphatic carbocycles. The van der Waals surface area contributed by atoms with E-state index < -0.39 is 5.82 Å². The van der Waals surface area contributed by atoms with Crippen molar-refractivity contribution in [1.82, 2.24) is 0 Å². The molecule has 1 saturated heterocycles. The van der Waals surface area contributed by atoms with E-state index in [1.165, 1.54) is 12.1 Å². The summed E-state index contributed by atoms with van der Waals surface area (Å²) in [5, 5.41) is 0. The molecule has 0 aromatic heterocycles. The third kappa shape index (κ3) is 2.34. The van der Waals surface area contributed by atoms with Crippen LogP contribution in [0.5, 0.6) is 0 Å². The molecule has 18 heavy (non-hydrogen) atoms. The van der Waals surface area contributed by atoms with Gasteiger partial charge in [-0.1, -0.05) is 6.07 Å². The highest BCUT2D eigenvalue weighted by Gasteiger charge is 2.25. The average Bonchev–Trinajstić information content (AvgIpc) is 2.38. The minimum absolute atomic E-state index is 0.146. The molecule has 0 radical (unpaired) electrons. The first-order valence-electron chi connectivity index (χ1n) is 5.91. The summed E-state index contributed by atoms with van der Waals surface area (Å²) in [5.41, 5.74) is 5.92. The van der Waals surface area contributed by atoms with E-state index in [1.807, 2.05) is 0 Å². The number of nitrogens with zero attached hydrogens (tertiary/aromatic N) is 1. The zero-order chi connectivity index (χ0) is 13.1. The molecule has 1 aliphatic heterocycles. The van der Waals surface area contributed by atoms with Gasteiger partial charge in [0.1, 0.15) is 5.82 Å². The molecule has 96 valence electrons. The molecule has 1 heterocycles. The highest BCUT2D eigenvalue weighted by molar-refractivity contribution is 5.85. The number of piperidine rings is 1. The maximum Gasteiger partial charge on any atom is 0.220 e. The maximum atomic E-state index is 13.8. The molecular formula is C13H15FN2O2. The first-order valence-corrected chi connectivity index (χ1v) is 5.91. The van der Waals surface area contributed by atoms with Crippen LogP contribution in [0.3, 0.4) is 0 Å². The summed E-state index contributed by atoms with van der Waals surface area (Å²) in [6.45, 7) is 1.07. The predicted molar refractivity (Wildman–Crippen MR) is 65.9 cm³/mol. The molecule has 1 fully saturated rings. The van der Waals surface area contributed by atoms with E-state index in [0.717, 1.165) is 0 Å². The van der Waals surface area contributed by atoms with Gasteiger partial charge in [0.25, 0.3) is 0 Å². The Labute approximate surface area is 105 Å². The SMILES string of the molecule is NC(=O)C1CCN(c2c(F)cccc2C=O)CC1. The number of nitrogens with two attached hydrogens (primary N) is 1. The van der Waals surface area contributed by atoms with Crippen molar-refractivity contribution >= 4 is 17.9 Å². The lowest BCUT2D eigenvalue weighted by Crippen LogP contribution is -2.39. The normalized spacial score (nSPS) is 16.6. The summed E-state index contributed by atoms with van der Waals surface area (Å²) >= 11 is 0. The summed E-state index contributed by atoms with van der Waals surface area (Å²) in [6.07, 6.45) is 1.85. The Balaban J connectivity index is 2.19. The zero-order valence-corrected chi connectivity index (χ0v) is 9.93. The van der Waals surface area contributed by atoms with Crippen molar-refractivity contribution in [1.29, 1.82) is 0 Å². The first-order chi connectivity index (χ1) is 8.63. The van der Waals surface area contributed by atoms with Crippen LogP contribution in [-0.4, -0.2) is 25.3 Å². The number of benzene rings is 1. The number of halogens is 1. The van der Waals surface area contributed by atoms with Crippen molar-refractivity contribution in [2.75, 3.05) is 18.0 Å². The Morgan fingerprint density at radius 3 is 2.61 bits per heavy atom. The lowest BCUT2D eigenvalue weighted by molar-refractivity contribution is -0.122. The summed E-state index contributed by atoms with van der Waals surface area (Å²) in [6, 6.07) is 4.44. The van der Waals surface area contributed by atoms with E-state index in [1.54, 1.807) is 11.0 Å². The number of carbonyl (C=O) groups is 2. The van der Waals surface area contributed by atoms with Gasteiger partial charge in [-0.15, -0.1) is 0 Å². The van der Waals surface area contributed by atoms with E-state index in [2.05, 4.69) is 0 Å². The Hall–Kier alpha value is -1.91. The maximum absolute atomic E-state index is 13.8. The number of carbonyl (C=O) groups excluding carboxylic acids is 2. The largest absolute Gasteiger partial charge is 0.369 e. The van der Waals surface area contributed by atoms with Crippen LogP contribution < -0.4 is 10.6 Å². The summed E-state index contributed by atoms with van der Waals surface area (Å²) in [7, 11) is 0. The van der Waals surface area contributed by atoms with Gasteiger partial charge < -0.3 is 10.6 Å². The third-order valence-electron chi connectivity index (χ3n) is 3.36. The minimum Gasteiger partial charge on any atom is -0.369 e. The quantitative estimate of drug-likeness (QED) is 0.823. The van der Waals surface area contributed by atoms with Crippen LogP contribution in [0.25, 0.3) is 0 Å². The molecule has 0 bridgehead atoms. The molecule has 0 spiro atoms. The van der Waals surface area contributed by atoms with Gasteiger partial charge in [-0.05, 0) is 25.0 Å². The van der Waals surface area contributed by atoms with Crippen molar-refractivity contribution in [3.05, 3.63) is 29.6 Å². The molecule has 0 atom stereocenters. The molecule has 2 rings (SSSR count). The molecule has 1 amide bonds. The molecule has 1 aromatic carbocycles. The highest BCUT2D eigenvalue weighted by atomic mass is 19.1. The second kappa shape index (κ2) is 5.16. The molecule has 2 N–H and O–H groups in total. The predicted octanol–water partition coefficient (Wildman–Crippen LogP) is 1.34. The topological polar surface area (TPSA) is 63.4 Å². The number of hydrogen-bond acceptors (Lipinski definition) is 3. The minimum atomic E-state index is -0.405. The van der Waals surface area contributed by atoms with Crippen LogP contribution in [0.1, 0.15) is 23.2 Å². The third-order valence-corrected chi connectivity index (χ3v) is 3.36. The molecule has 4 nitrogen and oxygen atoms in total. The van der Waals surface area contributed by atoms with Gasteiger partial charge in [0, 0.05) is 24.6 Å². The van der Waals surface area contributed by atoms with Gasteiger partial charge >= 0.3 is 0 Å². The Morgan fingerprint density at radius 1 is 1.39 bits per heavy atom. The molecule has 5 heteroatoms. The Bertz CT molecular complexity index is 468. The van der Waals surface area contributed by atoms with E-state index >= 15 is 0 Å². The van der Waals surface area contributed by atoms with E-state index in [4.69, 9.17) is 5.73 Å². The number of anilines is 1. The Morgan fingerprint density at radius 2 is 2.06 bits per heavy atom. The van der Waals surface area contributed by atoms with Gasteiger partial charge in [0.05, 0.1) is 5.69 Å². The molecule has 1 aliphatic rings. The molecular weight excluding hydrogens is 235 g/mol. The number of hydrogen-bond donors (Lipinski definition) is 1. The smallest absolute Gasteiger partial charge is 0.220 e. The highest BCUT2D eigenvalue weighted by Crippen LogP contribution is 2.28. The van der Waals surface area contributed by atoms with E-state index in [9.17, 15) is 14.0 Å². The van der Waals surface area contributed by atoms with Crippen molar-refractivity contribution < 1.29 is 14.0 Å². The van der Waals surface area contributed by atoms with Crippen LogP contribution in [0.2, 0.25) is 0 Å². The second-order valence-corrected chi connectivity index (χ2v) is 4.46. The van der Waals surface area contributed by atoms with Gasteiger partial charge in [-0.3, -0.25) is 9.59 Å². The average molecular weight is 250 g/mol. The van der Waals surface area contributed by atoms with Gasteiger partial charge in [0.15, 0.2) is 6.29 Å². The van der Waals surface area contributed by atoms with Crippen molar-refractivity contribution in [3.8, 4) is 0 Å². The first kappa shape index (κ1) is 12.5. The van der Waals surface area contributed by atoms with Gasteiger partial charge in [-0.2, -0.15) is 0 Å². The van der Waals surface area contributed by atoms with Gasteiger partial charge in [-0.25, -0.2) is 4.39 Å². The number of amides is 1. The summed E-state index contributed by atoms with van der Waals surface area (Å²) in [4.78, 5) is 23.8. The molecule has 1 aromatic rings. The van der Waals surface area contributed by atoms with Crippen LogP contribution in [0.4, 0.5) is 10.1 Å². The fraction of sp³-hybridized carbons (Fsp3) is 0.385. The molecule has 0 saturated carbocycles. The van der Waals surface area contributed by atoms with Gasteiger partial charge in [0.2, 0.25) is 5.91 Å². The fourth-order valence-electron chi connectivity index (χ4n) is 2.35. The Kier molecular flexibility index (Phi) is 3.60. The number of aldehydes is 1. The fourth-order valence-corrected chi connectivity index (χ4v) is 2.35. The standard InChI is InChI=1S/C13H15FN2O2/c14-11-3-1-2-10(8-17)12(11)16-6-4-9(5-7-16)13(15)18/h1-3,8-9H,4-7H2,(H2,15,18). The zero-order valence-electron chi connectivity index (χ0n) is 9.93. The van der Waals surface area contributed by atoms with E-state index in [-0.39, 0.29) is 11.8 Å². The van der Waals surface area contributed by atoms with Crippen molar-refractivity contribution in [2.24, 2.45) is 11.7 Å².